The molecule has 1 aliphatic rings. The number of anilines is 1. The van der Waals surface area contributed by atoms with Gasteiger partial charge in [-0.05, 0) is 47.5 Å². The van der Waals surface area contributed by atoms with Crippen LogP contribution >= 0.6 is 11.6 Å². The Kier molecular flexibility index (Phi) is 4.95. The fraction of sp³-hybridized carbons (Fsp3) is 0.200. The lowest BCUT2D eigenvalue weighted by Gasteiger charge is -2.28. The van der Waals surface area contributed by atoms with Crippen LogP contribution in [0.2, 0.25) is 5.02 Å². The molecule has 1 aliphatic heterocycles. The number of aromatic hydroxyl groups is 1. The second-order valence-corrected chi connectivity index (χ2v) is 8.38. The number of nitrogens with zero attached hydrogens (tertiary/aromatic N) is 4. The smallest absolute Gasteiger partial charge is 0.332 e. The van der Waals surface area contributed by atoms with Gasteiger partial charge in [-0.3, -0.25) is 4.57 Å². The van der Waals surface area contributed by atoms with E-state index in [1.54, 1.807) is 18.3 Å². The first-order valence-corrected chi connectivity index (χ1v) is 11.1. The Balaban J connectivity index is 1.53. The maximum absolute atomic E-state index is 14.8. The topological polar surface area (TPSA) is 75.3 Å². The summed E-state index contributed by atoms with van der Waals surface area (Å²) in [5.41, 5.74) is 1.04. The van der Waals surface area contributed by atoms with Gasteiger partial charge in [0.2, 0.25) is 0 Å². The molecular formula is C25H23ClFN5O2. The first kappa shape index (κ1) is 18.8. The number of benzene rings is 2. The third kappa shape index (κ3) is 4.06. The van der Waals surface area contributed by atoms with Crippen LogP contribution in [0.15, 0.2) is 65.8 Å². The van der Waals surface area contributed by atoms with Crippen LogP contribution in [0.1, 0.15) is 4.11 Å². The van der Waals surface area contributed by atoms with Crippen molar-refractivity contribution < 1.29 is 13.6 Å². The monoisotopic (exact) mass is 482 g/mol. The molecular weight excluding hydrogens is 457 g/mol. The molecule has 0 unspecified atom stereocenters. The minimum Gasteiger partial charge on any atom is -0.507 e. The minimum absolute atomic E-state index is 0.123. The van der Waals surface area contributed by atoms with Crippen LogP contribution in [0.25, 0.3) is 27.9 Å². The number of phenolic OH excluding ortho intramolecular Hbond substituents is 1. The zero-order chi connectivity index (χ0) is 26.3. The lowest BCUT2D eigenvalue weighted by Crippen LogP contribution is -2.43. The van der Waals surface area contributed by atoms with Gasteiger partial charge < -0.3 is 19.9 Å². The van der Waals surface area contributed by atoms with Gasteiger partial charge in [-0.25, -0.2) is 14.2 Å². The molecule has 5 rings (SSSR count). The molecule has 3 heterocycles. The molecule has 0 aliphatic carbocycles. The van der Waals surface area contributed by atoms with Gasteiger partial charge in [0, 0.05) is 67.0 Å². The fourth-order valence-corrected chi connectivity index (χ4v) is 4.39. The molecule has 34 heavy (non-hydrogen) atoms. The molecule has 174 valence electrons. The zero-order valence-corrected chi connectivity index (χ0v) is 18.8. The summed E-state index contributed by atoms with van der Waals surface area (Å²) in [6.07, 6.45) is 4.10. The summed E-state index contributed by atoms with van der Waals surface area (Å²) in [6, 6.07) is 10.6. The summed E-state index contributed by atoms with van der Waals surface area (Å²) in [5, 5.41) is 14.6. The van der Waals surface area contributed by atoms with Gasteiger partial charge in [0.1, 0.15) is 17.4 Å². The van der Waals surface area contributed by atoms with Crippen LogP contribution in [-0.2, 0) is 6.98 Å². The highest BCUT2D eigenvalue weighted by Gasteiger charge is 2.18. The van der Waals surface area contributed by atoms with E-state index in [1.165, 1.54) is 30.5 Å². The Morgan fingerprint density at radius 3 is 2.50 bits per heavy atom. The average Bonchev–Trinajstić information content (AvgIpc) is 3.27. The van der Waals surface area contributed by atoms with E-state index in [1.807, 2.05) is 6.07 Å². The normalized spacial score (nSPS) is 15.6. The Morgan fingerprint density at radius 1 is 1.09 bits per heavy atom. The summed E-state index contributed by atoms with van der Waals surface area (Å²) in [4.78, 5) is 19.1. The van der Waals surface area contributed by atoms with Gasteiger partial charge >= 0.3 is 5.69 Å². The lowest BCUT2D eigenvalue weighted by molar-refractivity contribution is 0.477. The summed E-state index contributed by atoms with van der Waals surface area (Å²) >= 11 is 6.46. The van der Waals surface area contributed by atoms with Crippen LogP contribution < -0.4 is 15.9 Å². The first-order chi connectivity index (χ1) is 17.6. The van der Waals surface area contributed by atoms with Crippen molar-refractivity contribution in [3.05, 3.63) is 82.4 Å². The number of aryl methyl sites for hydroxylation is 1. The van der Waals surface area contributed by atoms with Crippen molar-refractivity contribution >= 4 is 17.4 Å². The molecule has 0 saturated carbocycles. The van der Waals surface area contributed by atoms with Gasteiger partial charge in [-0.2, -0.15) is 0 Å². The maximum atomic E-state index is 14.8. The summed E-state index contributed by atoms with van der Waals surface area (Å²) in [7, 11) is 0. The lowest BCUT2D eigenvalue weighted by atomic mass is 9.97. The Morgan fingerprint density at radius 2 is 1.82 bits per heavy atom. The second kappa shape index (κ2) is 8.96. The second-order valence-electron chi connectivity index (χ2n) is 7.98. The van der Waals surface area contributed by atoms with Crippen LogP contribution in [-0.4, -0.2) is 45.4 Å². The highest BCUT2D eigenvalue weighted by Crippen LogP contribution is 2.40. The number of phenols is 1. The number of imidazole rings is 1. The molecule has 7 nitrogen and oxygen atoms in total. The van der Waals surface area contributed by atoms with Crippen molar-refractivity contribution in [2.45, 2.75) is 0 Å². The molecule has 4 aromatic rings. The number of nitrogens with one attached hydrogen (secondary N) is 1. The van der Waals surface area contributed by atoms with Crippen LogP contribution in [0.3, 0.4) is 0 Å². The van der Waals surface area contributed by atoms with Gasteiger partial charge in [-0.15, -0.1) is 0 Å². The number of rotatable bonds is 4. The van der Waals surface area contributed by atoms with E-state index in [0.717, 1.165) is 42.8 Å². The molecule has 0 spiro atoms. The summed E-state index contributed by atoms with van der Waals surface area (Å²) in [5.74, 6) is 0.0638. The fourth-order valence-electron chi connectivity index (χ4n) is 4.12. The van der Waals surface area contributed by atoms with Gasteiger partial charge in [0.15, 0.2) is 0 Å². The number of hydrogen-bond acceptors (Lipinski definition) is 5. The number of pyridine rings is 1. The van der Waals surface area contributed by atoms with E-state index in [4.69, 9.17) is 15.7 Å². The van der Waals surface area contributed by atoms with Crippen molar-refractivity contribution in [3.63, 3.8) is 0 Å². The Hall–Kier alpha value is -3.62. The molecule has 0 radical (unpaired) electrons. The number of hydrogen-bond donors (Lipinski definition) is 2. The van der Waals surface area contributed by atoms with Crippen molar-refractivity contribution in [2.24, 2.45) is 6.98 Å². The van der Waals surface area contributed by atoms with E-state index >= 15 is 0 Å². The van der Waals surface area contributed by atoms with Crippen LogP contribution in [0.4, 0.5) is 10.2 Å². The third-order valence-corrected chi connectivity index (χ3v) is 6.17. The Bertz CT molecular complexity index is 1530. The predicted molar refractivity (Wildman–Crippen MR) is 131 cm³/mol. The largest absolute Gasteiger partial charge is 0.507 e. The van der Waals surface area contributed by atoms with Gasteiger partial charge in [-0.1, -0.05) is 17.7 Å². The molecule has 0 amide bonds. The van der Waals surface area contributed by atoms with E-state index in [2.05, 4.69) is 15.2 Å². The SMILES string of the molecule is [2H]C([2H])([2H])n1ccn(-c2ccc(-c3cc(F)cc(-c4ccnc(N5CCNCC5)c4)c3O)cc2Cl)c1=O. The van der Waals surface area contributed by atoms with Gasteiger partial charge in [0.25, 0.3) is 0 Å². The number of halogens is 2. The van der Waals surface area contributed by atoms with E-state index in [9.17, 15) is 14.3 Å². The van der Waals surface area contributed by atoms with Crippen molar-refractivity contribution in [3.8, 4) is 33.7 Å². The first-order valence-electron chi connectivity index (χ1n) is 12.2. The minimum atomic E-state index is -2.63. The highest BCUT2D eigenvalue weighted by atomic mass is 35.5. The molecule has 0 atom stereocenters. The number of piperazine rings is 1. The van der Waals surface area contributed by atoms with E-state index in [0.29, 0.717) is 21.3 Å². The van der Waals surface area contributed by atoms with Crippen LogP contribution in [0, 0.1) is 5.82 Å². The average molecular weight is 483 g/mol. The maximum Gasteiger partial charge on any atom is 0.332 e. The summed E-state index contributed by atoms with van der Waals surface area (Å²) < 4.78 is 38.9. The molecule has 1 saturated heterocycles. The quantitative estimate of drug-likeness (QED) is 0.462. The summed E-state index contributed by atoms with van der Waals surface area (Å²) in [6.45, 7) is 0.632. The van der Waals surface area contributed by atoms with Crippen LogP contribution in [0.5, 0.6) is 5.75 Å². The predicted octanol–water partition coefficient (Wildman–Crippen LogP) is 3.81. The molecule has 2 N–H and O–H groups in total. The molecule has 1 fully saturated rings. The zero-order valence-electron chi connectivity index (χ0n) is 21.0. The highest BCUT2D eigenvalue weighted by molar-refractivity contribution is 6.32. The molecule has 2 aromatic carbocycles. The van der Waals surface area contributed by atoms with Crippen molar-refractivity contribution in [1.82, 2.24) is 19.4 Å². The molecule has 9 heteroatoms. The van der Waals surface area contributed by atoms with Crippen molar-refractivity contribution in [2.75, 3.05) is 31.1 Å². The third-order valence-electron chi connectivity index (χ3n) is 5.87. The molecule has 0 bridgehead atoms. The Labute approximate surface area is 204 Å². The van der Waals surface area contributed by atoms with E-state index in [-0.39, 0.29) is 22.0 Å². The number of aromatic nitrogens is 3. The van der Waals surface area contributed by atoms with E-state index < -0.39 is 18.5 Å². The van der Waals surface area contributed by atoms with Gasteiger partial charge in [0.05, 0.1) is 10.7 Å². The van der Waals surface area contributed by atoms with Crippen molar-refractivity contribution in [1.29, 1.82) is 0 Å². The standard InChI is InChI=1S/C25H23ClFN5O2/c1-30-10-11-32(25(30)34)22-3-2-16(12-21(22)26)19-14-18(27)15-20(24(19)33)17-4-5-29-23(13-17)31-8-6-28-7-9-31/h2-5,10-15,28,33H,6-9H2,1H3/i1D3. The molecule has 2 aromatic heterocycles.